The second kappa shape index (κ2) is 9.27. The van der Waals surface area contributed by atoms with E-state index in [1.807, 2.05) is 13.8 Å². The Labute approximate surface area is 176 Å². The Morgan fingerprint density at radius 3 is 2.79 bits per heavy atom. The highest BCUT2D eigenvalue weighted by molar-refractivity contribution is 6.31. The zero-order valence-electron chi connectivity index (χ0n) is 16.9. The van der Waals surface area contributed by atoms with E-state index < -0.39 is 0 Å². The third-order valence-electron chi connectivity index (χ3n) is 4.99. The smallest absolute Gasteiger partial charge is 0.257 e. The molecule has 1 aliphatic rings. The van der Waals surface area contributed by atoms with Gasteiger partial charge in [0.25, 0.3) is 11.8 Å². The minimum atomic E-state index is -0.136. The fourth-order valence-electron chi connectivity index (χ4n) is 3.68. The van der Waals surface area contributed by atoms with Crippen LogP contribution in [0.5, 0.6) is 5.75 Å². The molecule has 1 aromatic heterocycles. The average Bonchev–Trinajstić information content (AvgIpc) is 2.72. The molecule has 2 heterocycles. The van der Waals surface area contributed by atoms with E-state index in [1.165, 1.54) is 7.11 Å². The van der Waals surface area contributed by atoms with Gasteiger partial charge in [0.05, 0.1) is 23.9 Å². The highest BCUT2D eigenvalue weighted by atomic mass is 35.5. The molecular weight excluding hydrogens is 390 g/mol. The highest BCUT2D eigenvalue weighted by Crippen LogP contribution is 2.31. The largest absolute Gasteiger partial charge is 0.496 e. The van der Waals surface area contributed by atoms with Crippen molar-refractivity contribution in [1.82, 2.24) is 15.2 Å². The molecule has 1 fully saturated rings. The SMILES string of the molecule is COc1ccc(Cl)cc1C(=O)N1CCC[C@@H](c2ncccc2C(=O)NC(C)C)C1. The third-order valence-corrected chi connectivity index (χ3v) is 5.23. The first kappa shape index (κ1) is 21.1. The Bertz CT molecular complexity index is 901. The molecule has 2 amide bonds. The zero-order chi connectivity index (χ0) is 21.0. The van der Waals surface area contributed by atoms with E-state index in [9.17, 15) is 9.59 Å². The van der Waals surface area contributed by atoms with Gasteiger partial charge in [-0.05, 0) is 57.0 Å². The van der Waals surface area contributed by atoms with Gasteiger partial charge >= 0.3 is 0 Å². The number of benzene rings is 1. The van der Waals surface area contributed by atoms with Crippen LogP contribution in [0.3, 0.4) is 0 Å². The van der Waals surface area contributed by atoms with Crippen molar-refractivity contribution in [3.63, 3.8) is 0 Å². The predicted octanol–water partition coefficient (Wildman–Crippen LogP) is 3.90. The van der Waals surface area contributed by atoms with Crippen LogP contribution in [0, 0.1) is 0 Å². The fourth-order valence-corrected chi connectivity index (χ4v) is 3.85. The first-order chi connectivity index (χ1) is 13.9. The summed E-state index contributed by atoms with van der Waals surface area (Å²) in [4.78, 5) is 32.1. The van der Waals surface area contributed by atoms with E-state index in [0.717, 1.165) is 18.5 Å². The number of rotatable bonds is 5. The number of likely N-dealkylation sites (tertiary alicyclic amines) is 1. The maximum absolute atomic E-state index is 13.2. The van der Waals surface area contributed by atoms with Crippen molar-refractivity contribution >= 4 is 23.4 Å². The van der Waals surface area contributed by atoms with Crippen molar-refractivity contribution in [2.75, 3.05) is 20.2 Å². The van der Waals surface area contributed by atoms with Gasteiger partial charge in [-0.3, -0.25) is 14.6 Å². The lowest BCUT2D eigenvalue weighted by atomic mass is 9.90. The first-order valence-corrected chi connectivity index (χ1v) is 10.2. The number of carbonyl (C=O) groups is 2. The second-order valence-electron chi connectivity index (χ2n) is 7.50. The lowest BCUT2D eigenvalue weighted by Crippen LogP contribution is -2.40. The molecule has 0 spiro atoms. The van der Waals surface area contributed by atoms with Crippen LogP contribution in [0.15, 0.2) is 36.5 Å². The number of nitrogens with zero attached hydrogens (tertiary/aromatic N) is 2. The number of piperidine rings is 1. The summed E-state index contributed by atoms with van der Waals surface area (Å²) >= 11 is 6.10. The van der Waals surface area contributed by atoms with E-state index in [1.54, 1.807) is 41.4 Å². The molecule has 7 heteroatoms. The summed E-state index contributed by atoms with van der Waals surface area (Å²) in [5.74, 6) is 0.226. The lowest BCUT2D eigenvalue weighted by Gasteiger charge is -2.33. The number of pyridine rings is 1. The molecule has 0 radical (unpaired) electrons. The van der Waals surface area contributed by atoms with E-state index in [4.69, 9.17) is 16.3 Å². The Morgan fingerprint density at radius 2 is 2.07 bits per heavy atom. The van der Waals surface area contributed by atoms with Gasteiger partial charge in [-0.15, -0.1) is 0 Å². The van der Waals surface area contributed by atoms with Crippen LogP contribution < -0.4 is 10.1 Å². The van der Waals surface area contributed by atoms with Crippen LogP contribution in [0.4, 0.5) is 0 Å². The van der Waals surface area contributed by atoms with Crippen LogP contribution in [0.1, 0.15) is 59.0 Å². The molecule has 1 N–H and O–H groups in total. The minimum absolute atomic E-state index is 0.00742. The number of nitrogens with one attached hydrogen (secondary N) is 1. The summed E-state index contributed by atoms with van der Waals surface area (Å²) in [6, 6.07) is 8.63. The third kappa shape index (κ3) is 4.88. The van der Waals surface area contributed by atoms with Crippen molar-refractivity contribution in [3.8, 4) is 5.75 Å². The van der Waals surface area contributed by atoms with Crippen LogP contribution >= 0.6 is 11.6 Å². The first-order valence-electron chi connectivity index (χ1n) is 9.79. The number of aromatic nitrogens is 1. The number of ether oxygens (including phenoxy) is 1. The maximum atomic E-state index is 13.2. The lowest BCUT2D eigenvalue weighted by molar-refractivity contribution is 0.0702. The van der Waals surface area contributed by atoms with Crippen molar-refractivity contribution in [2.45, 2.75) is 38.6 Å². The zero-order valence-corrected chi connectivity index (χ0v) is 17.7. The van der Waals surface area contributed by atoms with Gasteiger partial charge in [0.2, 0.25) is 0 Å². The standard InChI is InChI=1S/C22H26ClN3O3/c1-14(2)25-21(27)17-7-4-10-24-20(17)15-6-5-11-26(13-15)22(28)18-12-16(23)8-9-19(18)29-3/h4,7-10,12,14-15H,5-6,11,13H2,1-3H3,(H,25,27)/t15-/m1/s1. The molecule has 1 saturated heterocycles. The quantitative estimate of drug-likeness (QED) is 0.803. The number of methoxy groups -OCH3 is 1. The number of carbonyl (C=O) groups excluding carboxylic acids is 2. The van der Waals surface area contributed by atoms with Crippen LogP contribution in [-0.4, -0.2) is 47.9 Å². The Hall–Kier alpha value is -2.60. The Balaban J connectivity index is 1.84. The Morgan fingerprint density at radius 1 is 1.28 bits per heavy atom. The predicted molar refractivity (Wildman–Crippen MR) is 113 cm³/mol. The summed E-state index contributed by atoms with van der Waals surface area (Å²) < 4.78 is 5.34. The molecule has 3 rings (SSSR count). The molecule has 1 aliphatic heterocycles. The van der Waals surface area contributed by atoms with Crippen LogP contribution in [-0.2, 0) is 0 Å². The summed E-state index contributed by atoms with van der Waals surface area (Å²) in [7, 11) is 1.53. The molecule has 29 heavy (non-hydrogen) atoms. The number of hydrogen-bond acceptors (Lipinski definition) is 4. The molecule has 6 nitrogen and oxygen atoms in total. The van der Waals surface area contributed by atoms with Gasteiger partial charge in [0.15, 0.2) is 0 Å². The average molecular weight is 416 g/mol. The molecule has 0 bridgehead atoms. The highest BCUT2D eigenvalue weighted by Gasteiger charge is 2.30. The number of hydrogen-bond donors (Lipinski definition) is 1. The van der Waals surface area contributed by atoms with Gasteiger partial charge in [0, 0.05) is 36.3 Å². The molecule has 154 valence electrons. The topological polar surface area (TPSA) is 71.5 Å². The van der Waals surface area contributed by atoms with Gasteiger partial charge < -0.3 is 15.0 Å². The summed E-state index contributed by atoms with van der Waals surface area (Å²) in [6.07, 6.45) is 3.40. The Kier molecular flexibility index (Phi) is 6.75. The summed E-state index contributed by atoms with van der Waals surface area (Å²) in [5, 5.41) is 3.42. The van der Waals surface area contributed by atoms with Gasteiger partial charge in [-0.25, -0.2) is 0 Å². The summed E-state index contributed by atoms with van der Waals surface area (Å²) in [5.41, 5.74) is 1.75. The molecule has 0 saturated carbocycles. The van der Waals surface area contributed by atoms with E-state index in [0.29, 0.717) is 35.0 Å². The van der Waals surface area contributed by atoms with Gasteiger partial charge in [-0.1, -0.05) is 11.6 Å². The fraction of sp³-hybridized carbons (Fsp3) is 0.409. The second-order valence-corrected chi connectivity index (χ2v) is 7.94. The van der Waals surface area contributed by atoms with E-state index in [2.05, 4.69) is 10.3 Å². The monoisotopic (exact) mass is 415 g/mol. The van der Waals surface area contributed by atoms with Crippen molar-refractivity contribution in [2.24, 2.45) is 0 Å². The number of amides is 2. The maximum Gasteiger partial charge on any atom is 0.257 e. The minimum Gasteiger partial charge on any atom is -0.496 e. The van der Waals surface area contributed by atoms with Gasteiger partial charge in [0.1, 0.15) is 5.75 Å². The molecule has 0 aliphatic carbocycles. The summed E-state index contributed by atoms with van der Waals surface area (Å²) in [6.45, 7) is 4.99. The van der Waals surface area contributed by atoms with Crippen molar-refractivity contribution < 1.29 is 14.3 Å². The van der Waals surface area contributed by atoms with Crippen molar-refractivity contribution in [3.05, 3.63) is 58.4 Å². The molecule has 2 aromatic rings. The van der Waals surface area contributed by atoms with Gasteiger partial charge in [-0.2, -0.15) is 0 Å². The molecule has 0 unspecified atom stereocenters. The molecular formula is C22H26ClN3O3. The van der Waals surface area contributed by atoms with E-state index >= 15 is 0 Å². The van der Waals surface area contributed by atoms with E-state index in [-0.39, 0.29) is 23.8 Å². The van der Waals surface area contributed by atoms with Crippen LogP contribution in [0.2, 0.25) is 5.02 Å². The van der Waals surface area contributed by atoms with Crippen molar-refractivity contribution in [1.29, 1.82) is 0 Å². The van der Waals surface area contributed by atoms with Crippen LogP contribution in [0.25, 0.3) is 0 Å². The molecule has 1 aromatic carbocycles. The normalized spacial score (nSPS) is 16.6. The number of halogens is 1. The molecule has 1 atom stereocenters.